The predicted octanol–water partition coefficient (Wildman–Crippen LogP) is 4.04. The number of nitrogens with two attached hydrogens (primary N) is 1. The van der Waals surface area contributed by atoms with Gasteiger partial charge in [-0.1, -0.05) is 35.9 Å². The van der Waals surface area contributed by atoms with Gasteiger partial charge < -0.3 is 14.8 Å². The highest BCUT2D eigenvalue weighted by Gasteiger charge is 2.16. The molecule has 2 aromatic rings. The summed E-state index contributed by atoms with van der Waals surface area (Å²) in [5.74, 6) is 0.351. The van der Waals surface area contributed by atoms with Crippen molar-refractivity contribution >= 4 is 35.1 Å². The molecule has 27 heavy (non-hydrogen) atoms. The standard InChI is InChI=1S/C20H23ClN2O3S/c21-18-4-2-1-3-15(18)9-20(24)23-17-6-5-16(19(10-17)27-22)13-26-12-14-7-8-25-11-14/h1-6,10,14H,7-9,11-13,22H2,(H,23,24). The Kier molecular flexibility index (Phi) is 7.55. The topological polar surface area (TPSA) is 73.6 Å². The largest absolute Gasteiger partial charge is 0.381 e. The SMILES string of the molecule is NSc1cc(NC(=O)Cc2ccccc2Cl)ccc1COCC1CCOC1. The van der Waals surface area contributed by atoms with Gasteiger partial charge in [-0.25, -0.2) is 0 Å². The molecule has 1 heterocycles. The van der Waals surface area contributed by atoms with Gasteiger partial charge in [-0.2, -0.15) is 0 Å². The van der Waals surface area contributed by atoms with Crippen LogP contribution in [0.5, 0.6) is 0 Å². The first kappa shape index (κ1) is 20.2. The minimum Gasteiger partial charge on any atom is -0.381 e. The van der Waals surface area contributed by atoms with Crippen molar-refractivity contribution in [2.75, 3.05) is 25.1 Å². The van der Waals surface area contributed by atoms with Crippen LogP contribution < -0.4 is 10.5 Å². The third-order valence-corrected chi connectivity index (χ3v) is 5.42. The summed E-state index contributed by atoms with van der Waals surface area (Å²) < 4.78 is 11.2. The fourth-order valence-corrected chi connectivity index (χ4v) is 3.61. The van der Waals surface area contributed by atoms with Crippen LogP contribution in [-0.2, 0) is 27.3 Å². The average molecular weight is 407 g/mol. The Labute approximate surface area is 168 Å². The summed E-state index contributed by atoms with van der Waals surface area (Å²) in [6.07, 6.45) is 1.27. The fraction of sp³-hybridized carbons (Fsp3) is 0.350. The van der Waals surface area contributed by atoms with Gasteiger partial charge in [-0.15, -0.1) is 0 Å². The van der Waals surface area contributed by atoms with Gasteiger partial charge in [0.25, 0.3) is 0 Å². The lowest BCUT2D eigenvalue weighted by Gasteiger charge is -2.13. The Morgan fingerprint density at radius 3 is 2.89 bits per heavy atom. The van der Waals surface area contributed by atoms with Crippen LogP contribution in [0.25, 0.3) is 0 Å². The number of hydrogen-bond donors (Lipinski definition) is 2. The van der Waals surface area contributed by atoms with Gasteiger partial charge in [0, 0.05) is 28.1 Å². The van der Waals surface area contributed by atoms with Crippen molar-refractivity contribution in [2.45, 2.75) is 24.3 Å². The number of amides is 1. The summed E-state index contributed by atoms with van der Waals surface area (Å²) in [7, 11) is 0. The van der Waals surface area contributed by atoms with E-state index in [1.807, 2.05) is 36.4 Å². The summed E-state index contributed by atoms with van der Waals surface area (Å²) in [5, 5.41) is 9.28. The summed E-state index contributed by atoms with van der Waals surface area (Å²) in [6, 6.07) is 13.0. The zero-order valence-corrected chi connectivity index (χ0v) is 16.5. The molecule has 1 fully saturated rings. The number of benzene rings is 2. The molecule has 1 saturated heterocycles. The van der Waals surface area contributed by atoms with Crippen LogP contribution in [0, 0.1) is 5.92 Å². The van der Waals surface area contributed by atoms with Gasteiger partial charge in [-0.3, -0.25) is 9.93 Å². The minimum atomic E-state index is -0.124. The van der Waals surface area contributed by atoms with Gasteiger partial charge in [0.15, 0.2) is 0 Å². The van der Waals surface area contributed by atoms with Crippen LogP contribution in [0.1, 0.15) is 17.5 Å². The van der Waals surface area contributed by atoms with E-state index in [2.05, 4.69) is 5.32 Å². The van der Waals surface area contributed by atoms with Crippen molar-refractivity contribution < 1.29 is 14.3 Å². The smallest absolute Gasteiger partial charge is 0.228 e. The predicted molar refractivity (Wildman–Crippen MR) is 109 cm³/mol. The van der Waals surface area contributed by atoms with E-state index in [9.17, 15) is 4.79 Å². The van der Waals surface area contributed by atoms with Gasteiger partial charge in [0.2, 0.25) is 5.91 Å². The molecule has 3 N–H and O–H groups in total. The molecule has 1 unspecified atom stereocenters. The molecule has 0 aromatic heterocycles. The molecule has 0 radical (unpaired) electrons. The molecule has 1 amide bonds. The quantitative estimate of drug-likeness (QED) is 0.647. The lowest BCUT2D eigenvalue weighted by atomic mass is 10.1. The van der Waals surface area contributed by atoms with Gasteiger partial charge in [0.05, 0.1) is 26.2 Å². The lowest BCUT2D eigenvalue weighted by Crippen LogP contribution is -2.15. The van der Waals surface area contributed by atoms with E-state index in [0.717, 1.165) is 47.6 Å². The van der Waals surface area contributed by atoms with Crippen molar-refractivity contribution in [3.05, 3.63) is 58.6 Å². The number of hydrogen-bond acceptors (Lipinski definition) is 5. The van der Waals surface area contributed by atoms with Gasteiger partial charge in [0.1, 0.15) is 0 Å². The molecular formula is C20H23ClN2O3S. The van der Waals surface area contributed by atoms with Crippen molar-refractivity contribution in [3.8, 4) is 0 Å². The molecule has 0 bridgehead atoms. The fourth-order valence-electron chi connectivity index (χ4n) is 2.93. The van der Waals surface area contributed by atoms with Gasteiger partial charge >= 0.3 is 0 Å². The van der Waals surface area contributed by atoms with Crippen LogP contribution >= 0.6 is 23.5 Å². The highest BCUT2D eigenvalue weighted by molar-refractivity contribution is 7.97. The van der Waals surface area contributed by atoms with Crippen molar-refractivity contribution in [3.63, 3.8) is 0 Å². The molecule has 2 aromatic carbocycles. The normalized spacial score (nSPS) is 16.4. The van der Waals surface area contributed by atoms with Crippen molar-refractivity contribution in [1.82, 2.24) is 0 Å². The van der Waals surface area contributed by atoms with E-state index >= 15 is 0 Å². The summed E-state index contributed by atoms with van der Waals surface area (Å²) >= 11 is 7.26. The van der Waals surface area contributed by atoms with Crippen LogP contribution in [0.15, 0.2) is 47.4 Å². The van der Waals surface area contributed by atoms with Crippen LogP contribution in [-0.4, -0.2) is 25.7 Å². The number of nitrogens with one attached hydrogen (secondary N) is 1. The Hall–Kier alpha value is -1.57. The first-order chi connectivity index (χ1) is 13.2. The molecule has 5 nitrogen and oxygen atoms in total. The number of halogens is 1. The monoisotopic (exact) mass is 406 g/mol. The number of ether oxygens (including phenoxy) is 2. The maximum Gasteiger partial charge on any atom is 0.228 e. The van der Waals surface area contributed by atoms with Crippen LogP contribution in [0.3, 0.4) is 0 Å². The van der Waals surface area contributed by atoms with E-state index in [1.165, 1.54) is 0 Å². The lowest BCUT2D eigenvalue weighted by molar-refractivity contribution is -0.115. The Morgan fingerprint density at radius 2 is 2.15 bits per heavy atom. The molecule has 1 aliphatic heterocycles. The average Bonchev–Trinajstić information content (AvgIpc) is 3.18. The zero-order chi connectivity index (χ0) is 19.1. The second-order valence-corrected chi connectivity index (χ2v) is 7.58. The Bertz CT molecular complexity index is 782. The van der Waals surface area contributed by atoms with E-state index in [0.29, 0.717) is 29.8 Å². The molecule has 0 saturated carbocycles. The van der Waals surface area contributed by atoms with Crippen molar-refractivity contribution in [2.24, 2.45) is 11.1 Å². The Balaban J connectivity index is 1.56. The second-order valence-electron chi connectivity index (χ2n) is 6.50. The first-order valence-electron chi connectivity index (χ1n) is 8.84. The number of anilines is 1. The maximum absolute atomic E-state index is 12.3. The number of carbonyl (C=O) groups excluding carboxylic acids is 1. The molecule has 0 aliphatic carbocycles. The maximum atomic E-state index is 12.3. The highest BCUT2D eigenvalue weighted by atomic mass is 35.5. The first-order valence-corrected chi connectivity index (χ1v) is 10.1. The zero-order valence-electron chi connectivity index (χ0n) is 14.9. The highest BCUT2D eigenvalue weighted by Crippen LogP contribution is 2.25. The molecule has 144 valence electrons. The molecule has 7 heteroatoms. The van der Waals surface area contributed by atoms with Crippen LogP contribution in [0.2, 0.25) is 5.02 Å². The summed E-state index contributed by atoms with van der Waals surface area (Å²) in [6.45, 7) is 2.77. The van der Waals surface area contributed by atoms with E-state index in [-0.39, 0.29) is 12.3 Å². The second kappa shape index (κ2) is 10.1. The van der Waals surface area contributed by atoms with E-state index in [1.54, 1.807) is 6.07 Å². The minimum absolute atomic E-state index is 0.124. The molecule has 0 spiro atoms. The molecule has 1 atom stereocenters. The number of rotatable bonds is 8. The van der Waals surface area contributed by atoms with Gasteiger partial charge in [-0.05, 0) is 47.7 Å². The summed E-state index contributed by atoms with van der Waals surface area (Å²) in [4.78, 5) is 13.2. The molecule has 3 rings (SSSR count). The van der Waals surface area contributed by atoms with E-state index < -0.39 is 0 Å². The number of carbonyl (C=O) groups is 1. The third-order valence-electron chi connectivity index (χ3n) is 4.42. The third kappa shape index (κ3) is 5.96. The molecule has 1 aliphatic rings. The Morgan fingerprint density at radius 1 is 1.30 bits per heavy atom. The molecular weight excluding hydrogens is 384 g/mol. The van der Waals surface area contributed by atoms with Crippen LogP contribution in [0.4, 0.5) is 5.69 Å². The summed E-state index contributed by atoms with van der Waals surface area (Å²) in [5.41, 5.74) is 2.50. The van der Waals surface area contributed by atoms with Crippen molar-refractivity contribution in [1.29, 1.82) is 0 Å². The van der Waals surface area contributed by atoms with E-state index in [4.69, 9.17) is 26.2 Å².